The number of hydrogen-bond acceptors (Lipinski definition) is 1. The number of fused-ring (bicyclic) bond motifs is 1. The van der Waals surface area contributed by atoms with Gasteiger partial charge >= 0.3 is 0 Å². The second-order valence-corrected chi connectivity index (χ2v) is 5.21. The van der Waals surface area contributed by atoms with Crippen molar-refractivity contribution < 1.29 is 0 Å². The predicted molar refractivity (Wildman–Crippen MR) is 64.2 cm³/mol. The Morgan fingerprint density at radius 2 is 2.15 bits per heavy atom. The van der Waals surface area contributed by atoms with E-state index in [4.69, 9.17) is 11.6 Å². The molecule has 0 atom stereocenters. The first-order valence-corrected chi connectivity index (χ1v) is 6.27. The predicted octanol–water partition coefficient (Wildman–Crippen LogP) is 4.76. The van der Waals surface area contributed by atoms with Crippen LogP contribution in [0.25, 0.3) is 10.1 Å². The van der Waals surface area contributed by atoms with Crippen LogP contribution >= 0.6 is 38.9 Å². The molecule has 0 aliphatic rings. The third-order valence-corrected chi connectivity index (χ3v) is 4.07. The minimum Gasteiger partial charge on any atom is -0.139 e. The molecule has 0 unspecified atom stereocenters. The van der Waals surface area contributed by atoms with E-state index in [0.717, 1.165) is 10.4 Å². The lowest BCUT2D eigenvalue weighted by atomic mass is 10.2. The number of thiophene rings is 1. The minimum atomic E-state index is 0.859. The quantitative estimate of drug-likeness (QED) is 0.658. The van der Waals surface area contributed by atoms with Crippen LogP contribution in [-0.4, -0.2) is 0 Å². The molecule has 0 radical (unpaired) electrons. The lowest BCUT2D eigenvalue weighted by Gasteiger charge is -1.97. The Kier molecular flexibility index (Phi) is 2.63. The van der Waals surface area contributed by atoms with Crippen molar-refractivity contribution in [3.8, 4) is 0 Å². The van der Waals surface area contributed by atoms with Crippen molar-refractivity contribution in [1.29, 1.82) is 0 Å². The van der Waals surface area contributed by atoms with Crippen molar-refractivity contribution in [2.45, 2.75) is 12.3 Å². The molecule has 2 aromatic rings. The number of hydrogen-bond donors (Lipinski definition) is 0. The van der Waals surface area contributed by atoms with Crippen LogP contribution in [0.5, 0.6) is 0 Å². The molecule has 13 heavy (non-hydrogen) atoms. The Balaban J connectivity index is 2.75. The van der Waals surface area contributed by atoms with Crippen LogP contribution in [0.15, 0.2) is 18.2 Å². The van der Waals surface area contributed by atoms with Gasteiger partial charge in [0.1, 0.15) is 0 Å². The van der Waals surface area contributed by atoms with Gasteiger partial charge in [-0.3, -0.25) is 0 Å². The first-order valence-electron chi connectivity index (χ1n) is 3.95. The van der Waals surface area contributed by atoms with Crippen LogP contribution in [0.2, 0.25) is 5.02 Å². The van der Waals surface area contributed by atoms with E-state index < -0.39 is 0 Å². The largest absolute Gasteiger partial charge is 0.139 e. The van der Waals surface area contributed by atoms with Crippen molar-refractivity contribution in [2.75, 3.05) is 0 Å². The van der Waals surface area contributed by atoms with E-state index in [-0.39, 0.29) is 0 Å². The summed E-state index contributed by atoms with van der Waals surface area (Å²) in [5.74, 6) is 0. The minimum absolute atomic E-state index is 0.859. The van der Waals surface area contributed by atoms with Crippen molar-refractivity contribution >= 4 is 49.0 Å². The summed E-state index contributed by atoms with van der Waals surface area (Å²) in [6, 6.07) is 6.38. The molecule has 0 saturated carbocycles. The smallest absolute Gasteiger partial charge is 0.0587 e. The van der Waals surface area contributed by atoms with Gasteiger partial charge in [0.2, 0.25) is 0 Å². The summed E-state index contributed by atoms with van der Waals surface area (Å²) in [7, 11) is 0. The molecule has 0 nitrogen and oxygen atoms in total. The van der Waals surface area contributed by atoms with Gasteiger partial charge in [-0.1, -0.05) is 27.5 Å². The van der Waals surface area contributed by atoms with Gasteiger partial charge in [0.25, 0.3) is 0 Å². The summed E-state index contributed by atoms with van der Waals surface area (Å²) in [4.78, 5) is 1.31. The number of benzene rings is 1. The molecule has 1 aromatic carbocycles. The fourth-order valence-electron chi connectivity index (χ4n) is 1.37. The highest BCUT2D eigenvalue weighted by molar-refractivity contribution is 9.08. The molecule has 1 heterocycles. The molecule has 0 saturated heterocycles. The van der Waals surface area contributed by atoms with Gasteiger partial charge in [0.05, 0.1) is 9.72 Å². The maximum absolute atomic E-state index is 6.14. The highest BCUT2D eigenvalue weighted by Gasteiger charge is 2.04. The molecule has 2 rings (SSSR count). The number of halogens is 2. The molecular weight excluding hydrogens is 268 g/mol. The van der Waals surface area contributed by atoms with E-state index in [1.54, 1.807) is 11.3 Å². The first kappa shape index (κ1) is 9.50. The Bertz CT molecular complexity index is 447. The summed E-state index contributed by atoms with van der Waals surface area (Å²) in [6.45, 7) is 2.11. The molecule has 0 spiro atoms. The number of alkyl halides is 1. The molecule has 0 amide bonds. The summed E-state index contributed by atoms with van der Waals surface area (Å²) >= 11 is 11.3. The number of aryl methyl sites for hydroxylation is 1. The van der Waals surface area contributed by atoms with Crippen molar-refractivity contribution in [1.82, 2.24) is 0 Å². The normalized spacial score (nSPS) is 11.0. The molecule has 0 bridgehead atoms. The molecule has 1 aromatic heterocycles. The molecule has 0 aliphatic carbocycles. The average molecular weight is 276 g/mol. The number of rotatable bonds is 1. The highest BCUT2D eigenvalue weighted by Crippen LogP contribution is 2.33. The standard InChI is InChI=1S/C10H8BrClS/c1-6-2-8-3-7(5-11)4-9(12)10(8)13-6/h2-4H,5H2,1H3. The highest BCUT2D eigenvalue weighted by atomic mass is 79.9. The van der Waals surface area contributed by atoms with Crippen LogP contribution < -0.4 is 0 Å². The van der Waals surface area contributed by atoms with E-state index in [1.807, 2.05) is 6.07 Å². The maximum atomic E-state index is 6.14. The molecule has 3 heteroatoms. The monoisotopic (exact) mass is 274 g/mol. The molecule has 68 valence electrons. The zero-order valence-corrected chi connectivity index (χ0v) is 10.3. The van der Waals surface area contributed by atoms with E-state index in [9.17, 15) is 0 Å². The summed E-state index contributed by atoms with van der Waals surface area (Å²) in [5.41, 5.74) is 1.23. The Labute approximate surface area is 94.7 Å². The maximum Gasteiger partial charge on any atom is 0.0587 e. The molecular formula is C10H8BrClS. The molecule has 0 aliphatic heterocycles. The van der Waals surface area contributed by atoms with Crippen molar-refractivity contribution in [3.63, 3.8) is 0 Å². The molecule has 0 N–H and O–H groups in total. The second kappa shape index (κ2) is 3.60. The Hall–Kier alpha value is -0.0500. The van der Waals surface area contributed by atoms with Gasteiger partial charge in [0, 0.05) is 10.2 Å². The third-order valence-electron chi connectivity index (χ3n) is 1.91. The van der Waals surface area contributed by atoms with Crippen LogP contribution in [0.4, 0.5) is 0 Å². The van der Waals surface area contributed by atoms with E-state index in [1.165, 1.54) is 20.5 Å². The first-order chi connectivity index (χ1) is 6.20. The Morgan fingerprint density at radius 3 is 2.85 bits per heavy atom. The third kappa shape index (κ3) is 1.76. The average Bonchev–Trinajstić information content (AvgIpc) is 2.46. The van der Waals surface area contributed by atoms with Gasteiger partial charge < -0.3 is 0 Å². The Morgan fingerprint density at radius 1 is 1.38 bits per heavy atom. The van der Waals surface area contributed by atoms with Gasteiger partial charge in [-0.25, -0.2) is 0 Å². The summed E-state index contributed by atoms with van der Waals surface area (Å²) < 4.78 is 1.20. The second-order valence-electron chi connectivity index (χ2n) is 2.99. The van der Waals surface area contributed by atoms with Gasteiger partial charge in [-0.05, 0) is 36.1 Å². The van der Waals surface area contributed by atoms with Crippen LogP contribution in [0.3, 0.4) is 0 Å². The fourth-order valence-corrected chi connectivity index (χ4v) is 2.96. The van der Waals surface area contributed by atoms with Crippen molar-refractivity contribution in [2.24, 2.45) is 0 Å². The zero-order valence-electron chi connectivity index (χ0n) is 7.10. The fraction of sp³-hybridized carbons (Fsp3) is 0.200. The van der Waals surface area contributed by atoms with Crippen LogP contribution in [0.1, 0.15) is 10.4 Å². The summed E-state index contributed by atoms with van der Waals surface area (Å²) in [5, 5.41) is 2.98. The topological polar surface area (TPSA) is 0 Å². The summed E-state index contributed by atoms with van der Waals surface area (Å²) in [6.07, 6.45) is 0. The van der Waals surface area contributed by atoms with Crippen molar-refractivity contribution in [3.05, 3.63) is 33.7 Å². The van der Waals surface area contributed by atoms with Gasteiger partial charge in [-0.15, -0.1) is 11.3 Å². The van der Waals surface area contributed by atoms with E-state index >= 15 is 0 Å². The van der Waals surface area contributed by atoms with E-state index in [0.29, 0.717) is 0 Å². The lowest BCUT2D eigenvalue weighted by molar-refractivity contribution is 1.47. The SMILES string of the molecule is Cc1cc2cc(CBr)cc(Cl)c2s1. The van der Waals surface area contributed by atoms with Gasteiger partial charge in [-0.2, -0.15) is 0 Å². The molecule has 0 fully saturated rings. The lowest BCUT2D eigenvalue weighted by Crippen LogP contribution is -1.76. The van der Waals surface area contributed by atoms with Crippen LogP contribution in [-0.2, 0) is 5.33 Å². The van der Waals surface area contributed by atoms with Gasteiger partial charge in [0.15, 0.2) is 0 Å². The van der Waals surface area contributed by atoms with E-state index in [2.05, 4.69) is 35.0 Å². The zero-order chi connectivity index (χ0) is 9.42. The van der Waals surface area contributed by atoms with Crippen LogP contribution in [0, 0.1) is 6.92 Å².